The maximum atomic E-state index is 12.7. The first-order valence-corrected chi connectivity index (χ1v) is 10.1. The van der Waals surface area contributed by atoms with Gasteiger partial charge in [0.1, 0.15) is 12.6 Å². The Bertz CT molecular complexity index is 885. The summed E-state index contributed by atoms with van der Waals surface area (Å²) in [5, 5.41) is 6.63. The molecule has 4 rings (SSSR count). The van der Waals surface area contributed by atoms with Crippen molar-refractivity contribution >= 4 is 28.7 Å². The van der Waals surface area contributed by atoms with Crippen LogP contribution in [0, 0.1) is 5.92 Å². The van der Waals surface area contributed by atoms with Gasteiger partial charge in [0.05, 0.1) is 0 Å². The highest BCUT2D eigenvalue weighted by atomic mass is 16.2. The maximum Gasteiger partial charge on any atom is 0.325 e. The topological polar surface area (TPSA) is 94.3 Å². The van der Waals surface area contributed by atoms with Gasteiger partial charge in [-0.15, -0.1) is 0 Å². The van der Waals surface area contributed by atoms with Crippen LogP contribution < -0.4 is 10.6 Å². The molecule has 7 nitrogen and oxygen atoms in total. The van der Waals surface area contributed by atoms with Crippen LogP contribution in [-0.4, -0.2) is 46.9 Å². The van der Waals surface area contributed by atoms with Gasteiger partial charge in [-0.25, -0.2) is 4.79 Å². The smallest absolute Gasteiger partial charge is 0.325 e. The predicted octanol–water partition coefficient (Wildman–Crippen LogP) is 2.33. The molecular weight excluding hydrogens is 356 g/mol. The Hall–Kier alpha value is -2.83. The van der Waals surface area contributed by atoms with Gasteiger partial charge in [0.25, 0.3) is 5.91 Å². The molecule has 7 heteroatoms. The predicted molar refractivity (Wildman–Crippen MR) is 106 cm³/mol. The summed E-state index contributed by atoms with van der Waals surface area (Å²) in [5.41, 5.74) is 1.96. The first-order valence-electron chi connectivity index (χ1n) is 10.1. The lowest BCUT2D eigenvalue weighted by Gasteiger charge is -2.22. The fourth-order valence-electron chi connectivity index (χ4n) is 4.23. The van der Waals surface area contributed by atoms with Crippen LogP contribution >= 0.6 is 0 Å². The zero-order valence-electron chi connectivity index (χ0n) is 15.9. The van der Waals surface area contributed by atoms with Crippen molar-refractivity contribution < 1.29 is 14.4 Å². The number of aromatic nitrogens is 1. The average molecular weight is 382 g/mol. The molecule has 28 heavy (non-hydrogen) atoms. The van der Waals surface area contributed by atoms with Crippen molar-refractivity contribution in [3.8, 4) is 0 Å². The summed E-state index contributed by atoms with van der Waals surface area (Å²) in [7, 11) is 0. The Morgan fingerprint density at radius 2 is 1.93 bits per heavy atom. The molecule has 3 N–H and O–H groups in total. The zero-order chi connectivity index (χ0) is 19.5. The number of carbonyl (C=O) groups is 3. The first kappa shape index (κ1) is 18.5. The second-order valence-electron chi connectivity index (χ2n) is 7.80. The van der Waals surface area contributed by atoms with Crippen LogP contribution in [0.1, 0.15) is 37.7 Å². The number of amides is 4. The van der Waals surface area contributed by atoms with Gasteiger partial charge in [-0.05, 0) is 30.4 Å². The van der Waals surface area contributed by atoms with Crippen LogP contribution in [0.3, 0.4) is 0 Å². The van der Waals surface area contributed by atoms with Crippen molar-refractivity contribution in [2.24, 2.45) is 5.92 Å². The summed E-state index contributed by atoms with van der Waals surface area (Å²) in [6, 6.07) is 6.70. The van der Waals surface area contributed by atoms with Crippen LogP contribution in [0.4, 0.5) is 4.79 Å². The number of nitrogens with zero attached hydrogens (tertiary/aromatic N) is 1. The van der Waals surface area contributed by atoms with E-state index in [1.165, 1.54) is 19.3 Å². The number of imide groups is 1. The Morgan fingerprint density at radius 3 is 2.75 bits per heavy atom. The van der Waals surface area contributed by atoms with Crippen molar-refractivity contribution in [1.82, 2.24) is 20.5 Å². The summed E-state index contributed by atoms with van der Waals surface area (Å²) >= 11 is 0. The largest absolute Gasteiger partial charge is 0.361 e. The van der Waals surface area contributed by atoms with Gasteiger partial charge in [-0.2, -0.15) is 0 Å². The van der Waals surface area contributed by atoms with Crippen LogP contribution in [0.15, 0.2) is 30.5 Å². The molecule has 0 spiro atoms. The van der Waals surface area contributed by atoms with E-state index < -0.39 is 12.1 Å². The van der Waals surface area contributed by atoms with E-state index in [0.717, 1.165) is 34.2 Å². The minimum atomic E-state index is -0.641. The van der Waals surface area contributed by atoms with Gasteiger partial charge in [-0.3, -0.25) is 14.5 Å². The quantitative estimate of drug-likeness (QED) is 0.669. The molecule has 1 atom stereocenters. The monoisotopic (exact) mass is 382 g/mol. The number of rotatable bonds is 6. The number of H-pyrrole nitrogens is 1. The van der Waals surface area contributed by atoms with Crippen molar-refractivity contribution in [3.05, 3.63) is 36.0 Å². The van der Waals surface area contributed by atoms with E-state index in [2.05, 4.69) is 15.6 Å². The number of hydrogen-bond acceptors (Lipinski definition) is 3. The van der Waals surface area contributed by atoms with E-state index in [1.807, 2.05) is 30.5 Å². The molecule has 0 unspecified atom stereocenters. The Kier molecular flexibility index (Phi) is 5.32. The van der Waals surface area contributed by atoms with Crippen molar-refractivity contribution in [2.75, 3.05) is 13.1 Å². The second-order valence-corrected chi connectivity index (χ2v) is 7.80. The highest BCUT2D eigenvalue weighted by molar-refractivity contribution is 6.06. The molecule has 2 aromatic rings. The Morgan fingerprint density at radius 1 is 1.14 bits per heavy atom. The van der Waals surface area contributed by atoms with Gasteiger partial charge >= 0.3 is 6.03 Å². The molecule has 1 aromatic carbocycles. The first-order chi connectivity index (χ1) is 13.6. The van der Waals surface area contributed by atoms with E-state index in [4.69, 9.17) is 0 Å². The van der Waals surface area contributed by atoms with Crippen molar-refractivity contribution in [1.29, 1.82) is 0 Å². The average Bonchev–Trinajstić information content (AvgIpc) is 3.24. The molecule has 148 valence electrons. The molecule has 1 aliphatic heterocycles. The fraction of sp³-hybridized carbons (Fsp3) is 0.476. The molecule has 2 heterocycles. The van der Waals surface area contributed by atoms with Gasteiger partial charge in [0, 0.05) is 30.1 Å². The van der Waals surface area contributed by atoms with Crippen LogP contribution in [-0.2, 0) is 16.0 Å². The minimum Gasteiger partial charge on any atom is -0.361 e. The van der Waals surface area contributed by atoms with Crippen LogP contribution in [0.25, 0.3) is 10.9 Å². The Balaban J connectivity index is 1.33. The highest BCUT2D eigenvalue weighted by Gasteiger charge is 2.39. The van der Waals surface area contributed by atoms with E-state index >= 15 is 0 Å². The molecule has 2 aliphatic rings. The summed E-state index contributed by atoms with van der Waals surface area (Å²) < 4.78 is 0. The molecule has 2 fully saturated rings. The van der Waals surface area contributed by atoms with Crippen LogP contribution in [0.2, 0.25) is 0 Å². The van der Waals surface area contributed by atoms with Crippen molar-refractivity contribution in [3.63, 3.8) is 0 Å². The Labute approximate surface area is 163 Å². The lowest BCUT2D eigenvalue weighted by Crippen LogP contribution is -2.42. The lowest BCUT2D eigenvalue weighted by atomic mass is 9.89. The molecule has 1 aliphatic carbocycles. The maximum absolute atomic E-state index is 12.7. The van der Waals surface area contributed by atoms with E-state index in [-0.39, 0.29) is 18.4 Å². The van der Waals surface area contributed by atoms with Crippen LogP contribution in [0.5, 0.6) is 0 Å². The summed E-state index contributed by atoms with van der Waals surface area (Å²) in [5.74, 6) is -0.111. The SMILES string of the molecule is O=C(CN1C(=O)N[C@@H](Cc2c[nH]c3ccccc23)C1=O)NCC1CCCCC1. The van der Waals surface area contributed by atoms with Gasteiger partial charge in [0.15, 0.2) is 0 Å². The molecule has 0 radical (unpaired) electrons. The molecule has 0 bridgehead atoms. The highest BCUT2D eigenvalue weighted by Crippen LogP contribution is 2.23. The standard InChI is InChI=1S/C21H26N4O3/c26-19(23-11-14-6-2-1-3-7-14)13-25-20(27)18(24-21(25)28)10-15-12-22-17-9-5-4-8-16(15)17/h4-5,8-9,12,14,18,22H,1-3,6-7,10-11,13H2,(H,23,26)(H,24,28)/t18-/m0/s1. The third kappa shape index (κ3) is 3.88. The zero-order valence-corrected chi connectivity index (χ0v) is 15.9. The fourth-order valence-corrected chi connectivity index (χ4v) is 4.23. The molecule has 4 amide bonds. The molecule has 1 saturated heterocycles. The number of benzene rings is 1. The number of fused-ring (bicyclic) bond motifs is 1. The number of urea groups is 1. The number of para-hydroxylation sites is 1. The summed E-state index contributed by atoms with van der Waals surface area (Å²) in [4.78, 5) is 41.3. The summed E-state index contributed by atoms with van der Waals surface area (Å²) in [6.45, 7) is 0.406. The van der Waals surface area contributed by atoms with Gasteiger partial charge in [-0.1, -0.05) is 37.5 Å². The van der Waals surface area contributed by atoms with E-state index in [1.54, 1.807) is 0 Å². The number of hydrogen-bond donors (Lipinski definition) is 3. The third-order valence-electron chi connectivity index (χ3n) is 5.82. The number of carbonyl (C=O) groups excluding carboxylic acids is 3. The van der Waals surface area contributed by atoms with Gasteiger partial charge in [0.2, 0.25) is 5.91 Å². The van der Waals surface area contributed by atoms with E-state index in [9.17, 15) is 14.4 Å². The van der Waals surface area contributed by atoms with E-state index in [0.29, 0.717) is 18.9 Å². The summed E-state index contributed by atoms with van der Waals surface area (Å²) in [6.07, 6.45) is 8.22. The molecule has 1 saturated carbocycles. The molecular formula is C21H26N4O3. The third-order valence-corrected chi connectivity index (χ3v) is 5.82. The number of nitrogens with one attached hydrogen (secondary N) is 3. The minimum absolute atomic E-state index is 0.220. The molecule has 1 aromatic heterocycles. The van der Waals surface area contributed by atoms with Gasteiger partial charge < -0.3 is 15.6 Å². The van der Waals surface area contributed by atoms with Crippen molar-refractivity contribution in [2.45, 2.75) is 44.6 Å². The number of aromatic amines is 1. The normalized spacial score (nSPS) is 20.6. The lowest BCUT2D eigenvalue weighted by molar-refractivity contribution is -0.132. The second kappa shape index (κ2) is 8.04.